The van der Waals surface area contributed by atoms with Gasteiger partial charge in [0.2, 0.25) is 0 Å². The molecule has 0 atom stereocenters. The molecule has 2 rings (SSSR count). The molecule has 0 radical (unpaired) electrons. The fourth-order valence-electron chi connectivity index (χ4n) is 1.28. The summed E-state index contributed by atoms with van der Waals surface area (Å²) >= 11 is 13.8. The van der Waals surface area contributed by atoms with Crippen molar-refractivity contribution in [3.05, 3.63) is 37.9 Å². The largest absolute Gasteiger partial charge is 0.437 e. The first-order valence-corrected chi connectivity index (χ1v) is 6.00. The van der Waals surface area contributed by atoms with Gasteiger partial charge in [0.25, 0.3) is 3.90 Å². The van der Waals surface area contributed by atoms with Crippen LogP contribution in [0.5, 0.6) is 0 Å². The Morgan fingerprint density at radius 3 is 2.53 bits per heavy atom. The van der Waals surface area contributed by atoms with Crippen LogP contribution in [0.4, 0.5) is 0 Å². The molecule has 0 aliphatic rings. The van der Waals surface area contributed by atoms with Gasteiger partial charge in [0, 0.05) is 28.2 Å². The molecule has 0 aliphatic heterocycles. The summed E-state index contributed by atoms with van der Waals surface area (Å²) in [5.74, 6) is 0.776. The minimum Gasteiger partial charge on any atom is -0.437 e. The van der Waals surface area contributed by atoms with Gasteiger partial charge in [-0.2, -0.15) is 0 Å². The second-order valence-corrected chi connectivity index (χ2v) is 4.74. The Kier molecular flexibility index (Phi) is 3.23. The summed E-state index contributed by atoms with van der Waals surface area (Å²) in [4.78, 5) is 4.27. The van der Waals surface area contributed by atoms with Gasteiger partial charge in [-0.05, 0) is 19.1 Å². The third kappa shape index (κ3) is 2.29. The van der Waals surface area contributed by atoms with Crippen LogP contribution in [-0.2, 0) is 0 Å². The number of halogens is 3. The molecule has 5 heteroatoms. The highest BCUT2D eigenvalue weighted by Gasteiger charge is 2.10. The van der Waals surface area contributed by atoms with E-state index >= 15 is 0 Å². The maximum atomic E-state index is 5.93. The van der Waals surface area contributed by atoms with Gasteiger partial charge in [-0.15, -0.1) is 0 Å². The highest BCUT2D eigenvalue weighted by atomic mass is 127. The van der Waals surface area contributed by atoms with Crippen molar-refractivity contribution in [2.24, 2.45) is 0 Å². The molecule has 0 bridgehead atoms. The minimum atomic E-state index is 0.520. The number of benzene rings is 1. The molecule has 1 aromatic heterocycles. The van der Waals surface area contributed by atoms with Gasteiger partial charge in [-0.25, -0.2) is 4.98 Å². The van der Waals surface area contributed by atoms with Gasteiger partial charge >= 0.3 is 0 Å². The lowest BCUT2D eigenvalue weighted by Gasteiger charge is -1.99. The third-order valence-electron chi connectivity index (χ3n) is 1.96. The van der Waals surface area contributed by atoms with Crippen LogP contribution in [0.2, 0.25) is 10.0 Å². The predicted octanol–water partition coefficient (Wildman–Crippen LogP) is 4.56. The zero-order valence-corrected chi connectivity index (χ0v) is 11.4. The summed E-state index contributed by atoms with van der Waals surface area (Å²) in [6.45, 7) is 1.87. The van der Waals surface area contributed by atoms with Crippen LogP contribution in [-0.4, -0.2) is 4.98 Å². The van der Waals surface area contributed by atoms with Gasteiger partial charge < -0.3 is 4.42 Å². The van der Waals surface area contributed by atoms with Gasteiger partial charge in [0.1, 0.15) is 11.5 Å². The summed E-state index contributed by atoms with van der Waals surface area (Å²) in [5.41, 5.74) is 1.71. The van der Waals surface area contributed by atoms with Crippen LogP contribution in [0.3, 0.4) is 0 Å². The van der Waals surface area contributed by atoms with Crippen molar-refractivity contribution in [1.29, 1.82) is 0 Å². The van der Waals surface area contributed by atoms with Crippen molar-refractivity contribution in [2.75, 3.05) is 0 Å². The van der Waals surface area contributed by atoms with E-state index in [-0.39, 0.29) is 0 Å². The van der Waals surface area contributed by atoms with Crippen molar-refractivity contribution in [3.63, 3.8) is 0 Å². The Balaban J connectivity index is 2.54. The van der Waals surface area contributed by atoms with E-state index in [9.17, 15) is 0 Å². The van der Waals surface area contributed by atoms with Crippen molar-refractivity contribution >= 4 is 45.8 Å². The Hall–Kier alpha value is -0.260. The SMILES string of the molecule is Cc1oc(I)nc1-c1ccc(Cl)c(Cl)c1. The molecule has 15 heavy (non-hydrogen) atoms. The highest BCUT2D eigenvalue weighted by Crippen LogP contribution is 2.30. The molecule has 1 heterocycles. The van der Waals surface area contributed by atoms with E-state index in [1.165, 1.54) is 0 Å². The first-order valence-electron chi connectivity index (χ1n) is 4.16. The van der Waals surface area contributed by atoms with E-state index < -0.39 is 0 Å². The second-order valence-electron chi connectivity index (χ2n) is 3.00. The summed E-state index contributed by atoms with van der Waals surface area (Å²) in [6, 6.07) is 5.40. The number of hydrogen-bond donors (Lipinski definition) is 0. The molecule has 0 aliphatic carbocycles. The molecule has 2 nitrogen and oxygen atoms in total. The van der Waals surface area contributed by atoms with Crippen LogP contribution in [0.15, 0.2) is 22.6 Å². The van der Waals surface area contributed by atoms with E-state index in [2.05, 4.69) is 4.98 Å². The van der Waals surface area contributed by atoms with Crippen LogP contribution in [0.25, 0.3) is 11.3 Å². The Morgan fingerprint density at radius 2 is 2.00 bits per heavy atom. The molecule has 0 N–H and O–H groups in total. The maximum Gasteiger partial charge on any atom is 0.257 e. The summed E-state index contributed by atoms with van der Waals surface area (Å²) in [6.07, 6.45) is 0. The first-order chi connectivity index (χ1) is 7.08. The Labute approximate surface area is 111 Å². The Morgan fingerprint density at radius 1 is 1.27 bits per heavy atom. The highest BCUT2D eigenvalue weighted by molar-refractivity contribution is 14.1. The summed E-state index contributed by atoms with van der Waals surface area (Å²) in [5, 5.41) is 1.06. The predicted molar refractivity (Wildman–Crippen MR) is 69.4 cm³/mol. The van der Waals surface area contributed by atoms with E-state index in [4.69, 9.17) is 27.6 Å². The fraction of sp³-hybridized carbons (Fsp3) is 0.100. The number of oxazole rings is 1. The van der Waals surface area contributed by atoms with E-state index in [0.29, 0.717) is 13.9 Å². The van der Waals surface area contributed by atoms with E-state index in [0.717, 1.165) is 17.0 Å². The number of rotatable bonds is 1. The monoisotopic (exact) mass is 353 g/mol. The van der Waals surface area contributed by atoms with E-state index in [1.807, 2.05) is 35.6 Å². The zero-order valence-electron chi connectivity index (χ0n) is 7.72. The topological polar surface area (TPSA) is 26.0 Å². The molecule has 0 unspecified atom stereocenters. The summed E-state index contributed by atoms with van der Waals surface area (Å²) < 4.78 is 5.96. The fourth-order valence-corrected chi connectivity index (χ4v) is 2.14. The smallest absolute Gasteiger partial charge is 0.257 e. The molecular weight excluding hydrogens is 348 g/mol. The lowest BCUT2D eigenvalue weighted by Crippen LogP contribution is -1.81. The molecule has 0 saturated carbocycles. The molecule has 0 amide bonds. The molecule has 0 fully saturated rings. The molecular formula is C10H6Cl2INO. The third-order valence-corrected chi connectivity index (χ3v) is 3.16. The second kappa shape index (κ2) is 4.31. The van der Waals surface area contributed by atoms with E-state index in [1.54, 1.807) is 12.1 Å². The van der Waals surface area contributed by atoms with Gasteiger partial charge in [-0.1, -0.05) is 29.3 Å². The van der Waals surface area contributed by atoms with Crippen LogP contribution in [0, 0.1) is 10.8 Å². The quantitative estimate of drug-likeness (QED) is 0.702. The first kappa shape index (κ1) is 11.2. The average molecular weight is 354 g/mol. The van der Waals surface area contributed by atoms with Gasteiger partial charge in [-0.3, -0.25) is 0 Å². The number of hydrogen-bond acceptors (Lipinski definition) is 2. The summed E-state index contributed by atoms with van der Waals surface area (Å²) in [7, 11) is 0. The van der Waals surface area contributed by atoms with Crippen LogP contribution in [0.1, 0.15) is 5.76 Å². The van der Waals surface area contributed by atoms with Crippen LogP contribution >= 0.6 is 45.8 Å². The lowest BCUT2D eigenvalue weighted by atomic mass is 10.1. The standard InChI is InChI=1S/C10H6Cl2INO/c1-5-9(14-10(13)15-5)6-2-3-7(11)8(12)4-6/h2-4H,1H3. The number of aromatic nitrogens is 1. The molecule has 78 valence electrons. The van der Waals surface area contributed by atoms with Crippen molar-refractivity contribution in [3.8, 4) is 11.3 Å². The van der Waals surface area contributed by atoms with Gasteiger partial charge in [0.15, 0.2) is 0 Å². The molecule has 2 aromatic rings. The van der Waals surface area contributed by atoms with Gasteiger partial charge in [0.05, 0.1) is 10.0 Å². The number of nitrogens with zero attached hydrogens (tertiary/aromatic N) is 1. The lowest BCUT2D eigenvalue weighted by molar-refractivity contribution is 0.497. The Bertz CT molecular complexity index is 510. The maximum absolute atomic E-state index is 5.93. The number of aryl methyl sites for hydroxylation is 1. The van der Waals surface area contributed by atoms with Crippen molar-refractivity contribution in [1.82, 2.24) is 4.98 Å². The minimum absolute atomic E-state index is 0.520. The van der Waals surface area contributed by atoms with Crippen LogP contribution < -0.4 is 0 Å². The molecule has 0 spiro atoms. The normalized spacial score (nSPS) is 10.7. The molecule has 0 saturated heterocycles. The average Bonchev–Trinajstić information content (AvgIpc) is 2.50. The van der Waals surface area contributed by atoms with Crippen molar-refractivity contribution in [2.45, 2.75) is 6.92 Å². The van der Waals surface area contributed by atoms with Crippen molar-refractivity contribution < 1.29 is 4.42 Å². The molecule has 1 aromatic carbocycles. The zero-order chi connectivity index (χ0) is 11.0.